The maximum Gasteiger partial charge on any atom is 0.248 e. The third-order valence-corrected chi connectivity index (χ3v) is 64.2. The zero-order valence-corrected chi connectivity index (χ0v) is 34.2. The molecule has 0 saturated carbocycles. The van der Waals surface area contributed by atoms with Crippen LogP contribution in [0.15, 0.2) is 243 Å². The largest absolute Gasteiger partial charge is 0.413 e. The van der Waals surface area contributed by atoms with Crippen molar-refractivity contribution in [3.05, 3.63) is 243 Å². The van der Waals surface area contributed by atoms with Gasteiger partial charge in [0.15, 0.2) is 7.11 Å². The van der Waals surface area contributed by atoms with Gasteiger partial charge in [0.25, 0.3) is 0 Å². The van der Waals surface area contributed by atoms with E-state index in [-0.39, 0.29) is 0 Å². The predicted octanol–water partition coefficient (Wildman–Crippen LogP) is 5.34. The monoisotopic (exact) mass is 758 g/mol. The van der Waals surface area contributed by atoms with Gasteiger partial charge in [-0.1, -0.05) is 274 Å². The highest BCUT2D eigenvalue weighted by molar-refractivity contribution is 7.99. The minimum Gasteiger partial charge on any atom is -0.413 e. The molecule has 1 aliphatic rings. The van der Waals surface area contributed by atoms with Crippen molar-refractivity contribution < 1.29 is 4.43 Å². The number of rotatable bonds is 8. The van der Waals surface area contributed by atoms with E-state index in [9.17, 15) is 0 Å². The third-order valence-electron chi connectivity index (χ3n) is 12.0. The molecule has 0 spiro atoms. The quantitative estimate of drug-likeness (QED) is 0.191. The van der Waals surface area contributed by atoms with Crippen molar-refractivity contribution in [1.82, 2.24) is 0 Å². The number of hydrogen-bond donors (Lipinski definition) is 0. The van der Waals surface area contributed by atoms with Crippen molar-refractivity contribution in [2.45, 2.75) is 0 Å². The van der Waals surface area contributed by atoms with Gasteiger partial charge in [0.1, 0.15) is 14.7 Å². The first-order chi connectivity index (χ1) is 26.8. The minimum absolute atomic E-state index is 0.682. The topological polar surface area (TPSA) is 9.23 Å². The Kier molecular flexibility index (Phi) is 9.19. The Morgan fingerprint density at radius 2 is 0.463 bits per heavy atom. The molecule has 0 radical (unpaired) electrons. The second-order valence-corrected chi connectivity index (χ2v) is 42.3. The Balaban J connectivity index is 1.67. The molecule has 1 fully saturated rings. The molecule has 0 N–H and O–H groups in total. The van der Waals surface area contributed by atoms with Crippen molar-refractivity contribution in [3.8, 4) is 0 Å². The maximum absolute atomic E-state index is 8.48. The molecule has 5 heteroatoms. The minimum atomic E-state index is -3.34. The van der Waals surface area contributed by atoms with Gasteiger partial charge in [0, 0.05) is 6.23 Å². The summed E-state index contributed by atoms with van der Waals surface area (Å²) in [5.74, 6) is 0. The van der Waals surface area contributed by atoms with E-state index in [0.717, 1.165) is 0 Å². The summed E-state index contributed by atoms with van der Waals surface area (Å²) in [5.41, 5.74) is 0. The molecule has 260 valence electrons. The van der Waals surface area contributed by atoms with E-state index in [0.29, 0.717) is 6.23 Å². The Morgan fingerprint density at radius 3 is 0.741 bits per heavy atom. The Bertz CT molecular complexity index is 2080. The van der Waals surface area contributed by atoms with Crippen LogP contribution in [0.1, 0.15) is 0 Å². The first-order valence-corrected chi connectivity index (χ1v) is 30.0. The summed E-state index contributed by atoms with van der Waals surface area (Å²) in [7, 11) is -12.9. The molecule has 0 aromatic heterocycles. The van der Waals surface area contributed by atoms with E-state index in [1.165, 1.54) is 41.5 Å². The fourth-order valence-corrected chi connectivity index (χ4v) is 87.0. The normalized spacial score (nSPS) is 16.6. The van der Waals surface area contributed by atoms with Gasteiger partial charge in [0.2, 0.25) is 7.83 Å². The highest BCUT2D eigenvalue weighted by Crippen LogP contribution is 2.40. The molecule has 0 unspecified atom stereocenters. The van der Waals surface area contributed by atoms with Gasteiger partial charge in [-0.15, -0.1) is 0 Å². The van der Waals surface area contributed by atoms with Crippen LogP contribution in [-0.2, 0) is 4.43 Å². The van der Waals surface area contributed by atoms with E-state index >= 15 is 0 Å². The molecule has 8 aromatic rings. The van der Waals surface area contributed by atoms with Gasteiger partial charge in [0.05, 0.1) is 0 Å². The van der Waals surface area contributed by atoms with Crippen LogP contribution in [-0.4, -0.2) is 35.9 Å². The number of benzene rings is 8. The summed E-state index contributed by atoms with van der Waals surface area (Å²) in [6, 6.07) is 93.4. The average molecular weight is 759 g/mol. The lowest BCUT2D eigenvalue weighted by Gasteiger charge is -2.67. The van der Waals surface area contributed by atoms with E-state index in [1.807, 2.05) is 0 Å². The van der Waals surface area contributed by atoms with E-state index < -0.39 is 29.6 Å². The Morgan fingerprint density at radius 1 is 0.241 bits per heavy atom. The van der Waals surface area contributed by atoms with Crippen molar-refractivity contribution in [1.29, 1.82) is 0 Å². The van der Waals surface area contributed by atoms with Crippen LogP contribution in [0.2, 0.25) is 0 Å². The van der Waals surface area contributed by atoms with E-state index in [2.05, 4.69) is 243 Å². The fraction of sp³-hybridized carbons (Fsp3) is 0.0204. The summed E-state index contributed by atoms with van der Waals surface area (Å²) in [6.07, 6.45) is 0.682. The lowest BCUT2D eigenvalue weighted by atomic mass is 10.4. The highest BCUT2D eigenvalue weighted by Gasteiger charge is 2.82. The third kappa shape index (κ3) is 4.90. The highest BCUT2D eigenvalue weighted by atomic mass is 29.8. The van der Waals surface area contributed by atoms with E-state index in [1.54, 1.807) is 0 Å². The average Bonchev–Trinajstić information content (AvgIpc) is 3.28. The van der Waals surface area contributed by atoms with Gasteiger partial charge in [-0.2, -0.15) is 0 Å². The van der Waals surface area contributed by atoms with Crippen LogP contribution in [0.5, 0.6) is 0 Å². The van der Waals surface area contributed by atoms with Crippen molar-refractivity contribution in [3.63, 3.8) is 0 Å². The van der Waals surface area contributed by atoms with Crippen LogP contribution in [0.4, 0.5) is 0 Å². The van der Waals surface area contributed by atoms with Crippen LogP contribution in [0, 0.1) is 0 Å². The molecule has 1 nitrogen and oxygen atoms in total. The lowest BCUT2D eigenvalue weighted by Crippen LogP contribution is -3.10. The zero-order valence-electron chi connectivity index (χ0n) is 30.2. The smallest absolute Gasteiger partial charge is 0.248 e. The molecular weight excluding hydrogens is 717 g/mol. The first-order valence-electron chi connectivity index (χ1n) is 18.9. The second-order valence-electron chi connectivity index (χ2n) is 14.3. The zero-order chi connectivity index (χ0) is 36.3. The summed E-state index contributed by atoms with van der Waals surface area (Å²) in [5, 5.41) is 11.5. The molecule has 54 heavy (non-hydrogen) atoms. The molecule has 0 bridgehead atoms. The molecule has 0 atom stereocenters. The Labute approximate surface area is 322 Å². The molecule has 0 aliphatic carbocycles. The Hall–Kier alpha value is -5.41. The predicted molar refractivity (Wildman–Crippen MR) is 238 cm³/mol. The molecule has 1 heterocycles. The van der Waals surface area contributed by atoms with Gasteiger partial charge in [-0.25, -0.2) is 0 Å². The molecule has 9 rings (SSSR count). The first kappa shape index (κ1) is 34.4. The van der Waals surface area contributed by atoms with Gasteiger partial charge in [-0.05, 0) is 10.4 Å². The lowest BCUT2D eigenvalue weighted by molar-refractivity contribution is 0.394. The second kappa shape index (κ2) is 14.4. The SMILES string of the molecule is c1ccc([Si]2(c3ccccc3)CO[Si](c3ccccc3)(c3ccccc3)[Si](c3ccccc3)(c3ccccc3)[Si]2(c2ccccc2)c2ccccc2)cc1. The molecular formula is C49H42OSi4. The molecule has 8 aromatic carbocycles. The van der Waals surface area contributed by atoms with Crippen LogP contribution in [0.3, 0.4) is 0 Å². The van der Waals surface area contributed by atoms with Gasteiger partial charge < -0.3 is 4.43 Å². The van der Waals surface area contributed by atoms with Crippen LogP contribution >= 0.6 is 0 Å². The van der Waals surface area contributed by atoms with Gasteiger partial charge in [-0.3, -0.25) is 0 Å². The van der Waals surface area contributed by atoms with Crippen molar-refractivity contribution >= 4 is 71.1 Å². The summed E-state index contributed by atoms with van der Waals surface area (Å²) >= 11 is 0. The van der Waals surface area contributed by atoms with Crippen molar-refractivity contribution in [2.75, 3.05) is 6.23 Å². The molecule has 1 saturated heterocycles. The molecule has 0 amide bonds. The van der Waals surface area contributed by atoms with Gasteiger partial charge >= 0.3 is 0 Å². The summed E-state index contributed by atoms with van der Waals surface area (Å²) in [6.45, 7) is 0. The molecule has 1 aliphatic heterocycles. The van der Waals surface area contributed by atoms with Crippen LogP contribution in [0.25, 0.3) is 0 Å². The van der Waals surface area contributed by atoms with Crippen LogP contribution < -0.4 is 41.5 Å². The maximum atomic E-state index is 8.48. The standard InChI is InChI=1S/C49H42OSi4/c1-9-25-42(26-10-1)51(43-27-11-2-12-28-43)41-50-52(44-29-13-3-14-30-44,45-31-15-4-16-32-45)54(48-37-21-7-22-38-48,49-39-23-8-24-40-49)53(51,46-33-17-5-18-34-46)47-35-19-6-20-36-47/h1-40H,41H2. The summed E-state index contributed by atoms with van der Waals surface area (Å²) in [4.78, 5) is 0. The van der Waals surface area contributed by atoms with Crippen molar-refractivity contribution in [2.24, 2.45) is 0 Å². The fourth-order valence-electron chi connectivity index (χ4n) is 10.2. The number of hydrogen-bond acceptors (Lipinski definition) is 1. The van der Waals surface area contributed by atoms with E-state index in [4.69, 9.17) is 4.43 Å². The summed E-state index contributed by atoms with van der Waals surface area (Å²) < 4.78 is 8.48.